The molecule has 1 heterocycles. The number of primary amides is 1. The van der Waals surface area contributed by atoms with Gasteiger partial charge in [0.05, 0.1) is 6.54 Å². The molecule has 7 nitrogen and oxygen atoms in total. The minimum absolute atomic E-state index is 0.0233. The Balaban J connectivity index is 2.53. The molecule has 1 aromatic rings. The van der Waals surface area contributed by atoms with Crippen LogP contribution in [0.3, 0.4) is 0 Å². The molecule has 1 rings (SSSR count). The van der Waals surface area contributed by atoms with Crippen LogP contribution in [-0.4, -0.2) is 40.7 Å². The van der Waals surface area contributed by atoms with Crippen molar-refractivity contribution in [3.8, 4) is 0 Å². The lowest BCUT2D eigenvalue weighted by molar-refractivity contribution is -0.125. The Labute approximate surface area is 86.7 Å². The smallest absolute Gasteiger partial charge is 0.248 e. The van der Waals surface area contributed by atoms with Gasteiger partial charge in [0, 0.05) is 13.2 Å². The second-order valence-corrected chi connectivity index (χ2v) is 2.81. The number of hydrogen-bond acceptors (Lipinski definition) is 6. The number of amides is 1. The third kappa shape index (κ3) is 3.39. The van der Waals surface area contributed by atoms with Gasteiger partial charge in [-0.1, -0.05) is 0 Å². The Morgan fingerprint density at radius 3 is 3.07 bits per heavy atom. The van der Waals surface area contributed by atoms with Crippen LogP contribution in [0.1, 0.15) is 0 Å². The summed E-state index contributed by atoms with van der Waals surface area (Å²) in [5.74, 6) is 0.189. The molecule has 0 fully saturated rings. The molecule has 0 bridgehead atoms. The molecule has 1 atom stereocenters. The summed E-state index contributed by atoms with van der Waals surface area (Å²) in [5, 5.41) is 14.6. The van der Waals surface area contributed by atoms with E-state index in [0.717, 1.165) is 0 Å². The van der Waals surface area contributed by atoms with E-state index in [-0.39, 0.29) is 6.54 Å². The number of aromatic nitrogens is 2. The Morgan fingerprint density at radius 2 is 2.47 bits per heavy atom. The Hall–Kier alpha value is -1.89. The molecule has 0 saturated carbocycles. The monoisotopic (exact) mass is 211 g/mol. The standard InChI is InChI=1S/C8H13N5O2/c1-10-8-11-3-2-6(13-8)12-4-5(14)7(9)15/h2-3,5,14H,4H2,1H3,(H2,9,15)(H2,10,11,12,13). The lowest BCUT2D eigenvalue weighted by Gasteiger charge is -2.09. The molecular weight excluding hydrogens is 198 g/mol. The van der Waals surface area contributed by atoms with Crippen LogP contribution in [0.2, 0.25) is 0 Å². The minimum atomic E-state index is -1.22. The van der Waals surface area contributed by atoms with Crippen molar-refractivity contribution in [3.63, 3.8) is 0 Å². The number of rotatable bonds is 5. The third-order valence-electron chi connectivity index (χ3n) is 1.68. The number of aliphatic hydroxyl groups is 1. The number of nitrogens with zero attached hydrogens (tertiary/aromatic N) is 2. The number of anilines is 2. The highest BCUT2D eigenvalue weighted by molar-refractivity contribution is 5.79. The topological polar surface area (TPSA) is 113 Å². The molecule has 82 valence electrons. The van der Waals surface area contributed by atoms with Gasteiger partial charge in [-0.05, 0) is 6.07 Å². The van der Waals surface area contributed by atoms with Gasteiger partial charge >= 0.3 is 0 Å². The first-order chi connectivity index (χ1) is 7.13. The summed E-state index contributed by atoms with van der Waals surface area (Å²) >= 11 is 0. The zero-order valence-electron chi connectivity index (χ0n) is 8.27. The lowest BCUT2D eigenvalue weighted by Crippen LogP contribution is -2.34. The number of carbonyl (C=O) groups excluding carboxylic acids is 1. The van der Waals surface area contributed by atoms with Gasteiger partial charge in [0.2, 0.25) is 11.9 Å². The molecule has 1 unspecified atom stereocenters. The van der Waals surface area contributed by atoms with Crippen molar-refractivity contribution in [3.05, 3.63) is 12.3 Å². The summed E-state index contributed by atoms with van der Waals surface area (Å²) < 4.78 is 0. The highest BCUT2D eigenvalue weighted by Gasteiger charge is 2.10. The van der Waals surface area contributed by atoms with E-state index >= 15 is 0 Å². The van der Waals surface area contributed by atoms with Crippen LogP contribution in [-0.2, 0) is 4.79 Å². The fraction of sp³-hybridized carbons (Fsp3) is 0.375. The minimum Gasteiger partial charge on any atom is -0.381 e. The second kappa shape index (κ2) is 5.11. The van der Waals surface area contributed by atoms with E-state index in [0.29, 0.717) is 11.8 Å². The number of hydrogen-bond donors (Lipinski definition) is 4. The summed E-state index contributed by atoms with van der Waals surface area (Å²) in [4.78, 5) is 18.5. The molecule has 0 spiro atoms. The van der Waals surface area contributed by atoms with Gasteiger partial charge in [0.15, 0.2) is 0 Å². The van der Waals surface area contributed by atoms with Gasteiger partial charge in [-0.2, -0.15) is 4.98 Å². The average Bonchev–Trinajstić information content (AvgIpc) is 2.26. The van der Waals surface area contributed by atoms with Gasteiger partial charge in [0.25, 0.3) is 0 Å². The molecule has 1 aromatic heterocycles. The molecule has 0 aromatic carbocycles. The number of aliphatic hydroxyl groups excluding tert-OH is 1. The normalized spacial score (nSPS) is 11.9. The maximum absolute atomic E-state index is 10.5. The van der Waals surface area contributed by atoms with Crippen molar-refractivity contribution in [1.29, 1.82) is 0 Å². The van der Waals surface area contributed by atoms with Gasteiger partial charge < -0.3 is 21.5 Å². The first-order valence-electron chi connectivity index (χ1n) is 4.35. The average molecular weight is 211 g/mol. The van der Waals surface area contributed by atoms with Crippen LogP contribution in [0.15, 0.2) is 12.3 Å². The summed E-state index contributed by atoms with van der Waals surface area (Å²) in [6, 6.07) is 1.62. The molecule has 0 aliphatic carbocycles. The second-order valence-electron chi connectivity index (χ2n) is 2.81. The van der Waals surface area contributed by atoms with Crippen molar-refractivity contribution in [1.82, 2.24) is 9.97 Å². The molecule has 5 N–H and O–H groups in total. The van der Waals surface area contributed by atoms with Crippen molar-refractivity contribution in [2.24, 2.45) is 5.73 Å². The van der Waals surface area contributed by atoms with Crippen LogP contribution >= 0.6 is 0 Å². The Kier molecular flexibility index (Phi) is 3.81. The van der Waals surface area contributed by atoms with E-state index in [2.05, 4.69) is 20.6 Å². The zero-order valence-corrected chi connectivity index (χ0v) is 8.27. The van der Waals surface area contributed by atoms with Crippen molar-refractivity contribution >= 4 is 17.7 Å². The van der Waals surface area contributed by atoms with Crippen LogP contribution < -0.4 is 16.4 Å². The summed E-state index contributed by atoms with van der Waals surface area (Å²) in [6.45, 7) is 0.0233. The van der Waals surface area contributed by atoms with Crippen molar-refractivity contribution in [2.75, 3.05) is 24.2 Å². The van der Waals surface area contributed by atoms with Crippen LogP contribution in [0.5, 0.6) is 0 Å². The van der Waals surface area contributed by atoms with Gasteiger partial charge in [-0.25, -0.2) is 4.98 Å². The highest BCUT2D eigenvalue weighted by atomic mass is 16.3. The Bertz CT molecular complexity index is 344. The van der Waals surface area contributed by atoms with Gasteiger partial charge in [-0.3, -0.25) is 4.79 Å². The predicted molar refractivity (Wildman–Crippen MR) is 55.3 cm³/mol. The highest BCUT2D eigenvalue weighted by Crippen LogP contribution is 2.04. The maximum Gasteiger partial charge on any atom is 0.248 e. The molecule has 0 radical (unpaired) electrons. The SMILES string of the molecule is CNc1nccc(NCC(O)C(N)=O)n1. The van der Waals surface area contributed by atoms with E-state index in [4.69, 9.17) is 10.8 Å². The summed E-state index contributed by atoms with van der Waals surface area (Å²) in [7, 11) is 1.69. The number of nitrogens with two attached hydrogens (primary N) is 1. The van der Waals surface area contributed by atoms with E-state index in [1.807, 2.05) is 0 Å². The van der Waals surface area contributed by atoms with Gasteiger partial charge in [-0.15, -0.1) is 0 Å². The molecular formula is C8H13N5O2. The van der Waals surface area contributed by atoms with Crippen LogP contribution in [0.4, 0.5) is 11.8 Å². The molecule has 0 aliphatic rings. The quantitative estimate of drug-likeness (QED) is 0.485. The molecule has 1 amide bonds. The van der Waals surface area contributed by atoms with E-state index in [9.17, 15) is 4.79 Å². The summed E-state index contributed by atoms with van der Waals surface area (Å²) in [6.07, 6.45) is 0.329. The number of carbonyl (C=O) groups is 1. The summed E-state index contributed by atoms with van der Waals surface area (Å²) in [5.41, 5.74) is 4.88. The molecule has 0 aliphatic heterocycles. The molecule has 0 saturated heterocycles. The van der Waals surface area contributed by atoms with E-state index in [1.54, 1.807) is 19.3 Å². The lowest BCUT2D eigenvalue weighted by atomic mass is 10.3. The van der Waals surface area contributed by atoms with Crippen LogP contribution in [0.25, 0.3) is 0 Å². The largest absolute Gasteiger partial charge is 0.381 e. The zero-order chi connectivity index (χ0) is 11.3. The van der Waals surface area contributed by atoms with Crippen LogP contribution in [0, 0.1) is 0 Å². The fourth-order valence-corrected chi connectivity index (χ4v) is 0.879. The van der Waals surface area contributed by atoms with E-state index < -0.39 is 12.0 Å². The third-order valence-corrected chi connectivity index (χ3v) is 1.68. The molecule has 7 heteroatoms. The van der Waals surface area contributed by atoms with Crippen molar-refractivity contribution < 1.29 is 9.90 Å². The molecule has 15 heavy (non-hydrogen) atoms. The van der Waals surface area contributed by atoms with E-state index in [1.165, 1.54) is 0 Å². The first kappa shape index (κ1) is 11.2. The van der Waals surface area contributed by atoms with Crippen molar-refractivity contribution in [2.45, 2.75) is 6.10 Å². The fourth-order valence-electron chi connectivity index (χ4n) is 0.879. The first-order valence-corrected chi connectivity index (χ1v) is 4.35. The predicted octanol–water partition coefficient (Wildman–Crippen LogP) is -1.22. The van der Waals surface area contributed by atoms with Gasteiger partial charge in [0.1, 0.15) is 11.9 Å². The maximum atomic E-state index is 10.5. The number of nitrogens with one attached hydrogen (secondary N) is 2. The Morgan fingerprint density at radius 1 is 1.73 bits per heavy atom.